The zero-order valence-electron chi connectivity index (χ0n) is 9.86. The fraction of sp³-hybridized carbons (Fsp3) is 1.00. The van der Waals surface area contributed by atoms with Crippen molar-refractivity contribution in [3.05, 3.63) is 0 Å². The van der Waals surface area contributed by atoms with Crippen molar-refractivity contribution in [2.75, 3.05) is 20.8 Å². The second-order valence-corrected chi connectivity index (χ2v) is 4.49. The molecular formula is C10H19BO4. The number of fused-ring (bicyclic) bond motifs is 3. The molecule has 3 rings (SSSR count). The fourth-order valence-electron chi connectivity index (χ4n) is 2.77. The number of hydrogen-bond acceptors (Lipinski definition) is 4. The Bertz CT molecular complexity index is 237. The number of ether oxygens (including phenoxy) is 4. The van der Waals surface area contributed by atoms with Crippen LogP contribution in [0, 0.1) is 0 Å². The van der Waals surface area contributed by atoms with Crippen molar-refractivity contribution in [3.63, 3.8) is 0 Å². The minimum atomic E-state index is -0.433. The first kappa shape index (κ1) is 11.4. The molecule has 4 nitrogen and oxygen atoms in total. The smallest absolute Gasteiger partial charge is 0.143 e. The van der Waals surface area contributed by atoms with Crippen LogP contribution in [0.1, 0.15) is 13.3 Å². The molecule has 0 amide bonds. The van der Waals surface area contributed by atoms with E-state index >= 15 is 0 Å². The van der Waals surface area contributed by atoms with Crippen LogP contribution in [0.2, 0.25) is 0 Å². The normalized spacial score (nSPS) is 49.5. The molecule has 0 aromatic heterocycles. The van der Waals surface area contributed by atoms with Crippen LogP contribution in [0.15, 0.2) is 0 Å². The third-order valence-electron chi connectivity index (χ3n) is 3.64. The molecule has 0 aromatic rings. The summed E-state index contributed by atoms with van der Waals surface area (Å²) >= 11 is 0. The molecule has 86 valence electrons. The quantitative estimate of drug-likeness (QED) is 0.596. The monoisotopic (exact) mass is 214 g/mol. The highest BCUT2D eigenvalue weighted by atomic mass is 16.6. The van der Waals surface area contributed by atoms with Gasteiger partial charge in [0.1, 0.15) is 13.4 Å². The van der Waals surface area contributed by atoms with E-state index in [1.807, 2.05) is 14.8 Å². The van der Waals surface area contributed by atoms with E-state index in [4.69, 9.17) is 18.9 Å². The molecule has 0 saturated carbocycles. The van der Waals surface area contributed by atoms with E-state index in [1.165, 1.54) is 0 Å². The molecule has 15 heavy (non-hydrogen) atoms. The molecule has 5 heteroatoms. The van der Waals surface area contributed by atoms with Crippen LogP contribution in [0.25, 0.3) is 0 Å². The molecule has 3 aliphatic rings. The predicted molar refractivity (Wildman–Crippen MR) is 57.8 cm³/mol. The molecule has 0 aliphatic carbocycles. The average molecular weight is 214 g/mol. The van der Waals surface area contributed by atoms with Gasteiger partial charge in [-0.25, -0.2) is 0 Å². The van der Waals surface area contributed by atoms with Crippen LogP contribution in [0.5, 0.6) is 0 Å². The van der Waals surface area contributed by atoms with Gasteiger partial charge >= 0.3 is 0 Å². The van der Waals surface area contributed by atoms with Gasteiger partial charge in [0.05, 0.1) is 30.9 Å². The fourth-order valence-corrected chi connectivity index (χ4v) is 2.77. The van der Waals surface area contributed by atoms with Crippen LogP contribution in [-0.4, -0.2) is 58.6 Å². The van der Waals surface area contributed by atoms with Crippen LogP contribution in [-0.2, 0) is 18.9 Å². The highest BCUT2D eigenvalue weighted by molar-refractivity contribution is 6.11. The van der Waals surface area contributed by atoms with Gasteiger partial charge in [-0.1, -0.05) is 0 Å². The molecule has 4 unspecified atom stereocenters. The third kappa shape index (κ3) is 1.62. The van der Waals surface area contributed by atoms with E-state index in [0.717, 1.165) is 6.42 Å². The lowest BCUT2D eigenvalue weighted by Gasteiger charge is -2.56. The number of rotatable bonds is 3. The summed E-state index contributed by atoms with van der Waals surface area (Å²) in [5, 5.41) is 0. The van der Waals surface area contributed by atoms with Crippen LogP contribution in [0.4, 0.5) is 0 Å². The Kier molecular flexibility index (Phi) is 3.08. The second-order valence-electron chi connectivity index (χ2n) is 4.49. The van der Waals surface area contributed by atoms with Gasteiger partial charge in [-0.3, -0.25) is 0 Å². The van der Waals surface area contributed by atoms with Gasteiger partial charge in [-0.15, -0.1) is 0 Å². The Morgan fingerprint density at radius 1 is 1.47 bits per heavy atom. The van der Waals surface area contributed by atoms with E-state index in [1.54, 1.807) is 14.2 Å². The van der Waals surface area contributed by atoms with Crippen LogP contribution < -0.4 is 0 Å². The van der Waals surface area contributed by atoms with E-state index < -0.39 is 5.60 Å². The summed E-state index contributed by atoms with van der Waals surface area (Å²) in [6.07, 6.45) is 1.15. The summed E-state index contributed by atoms with van der Waals surface area (Å²) < 4.78 is 22.7. The predicted octanol–water partition coefficient (Wildman–Crippen LogP) is -0.447. The van der Waals surface area contributed by atoms with Gasteiger partial charge in [0.2, 0.25) is 0 Å². The standard InChI is InChI=1S/C10H19BO4/c1-6-10(5-12-2)8(13-3)4-7(14-6)9(11)15-10/h6-9H,4-5,11H2,1-3H3/t6?,7?,8?,9-,10?/m1/s1. The molecule has 3 fully saturated rings. The van der Waals surface area contributed by atoms with Gasteiger partial charge in [-0.05, 0) is 6.92 Å². The maximum absolute atomic E-state index is 6.05. The zero-order chi connectivity index (χ0) is 11.1. The van der Waals surface area contributed by atoms with Gasteiger partial charge in [0.25, 0.3) is 0 Å². The summed E-state index contributed by atoms with van der Waals surface area (Å²) in [5.74, 6) is 0. The first-order valence-electron chi connectivity index (χ1n) is 5.49. The van der Waals surface area contributed by atoms with E-state index in [-0.39, 0.29) is 24.3 Å². The third-order valence-corrected chi connectivity index (χ3v) is 3.64. The van der Waals surface area contributed by atoms with Gasteiger partial charge in [-0.2, -0.15) is 0 Å². The van der Waals surface area contributed by atoms with Crippen LogP contribution in [0.3, 0.4) is 0 Å². The molecule has 0 aromatic carbocycles. The van der Waals surface area contributed by atoms with Crippen molar-refractivity contribution in [2.24, 2.45) is 0 Å². The number of hydrogen-bond donors (Lipinski definition) is 0. The molecule has 0 N–H and O–H groups in total. The lowest BCUT2D eigenvalue weighted by molar-refractivity contribution is -0.331. The number of methoxy groups -OCH3 is 2. The Hall–Kier alpha value is -0.0951. The van der Waals surface area contributed by atoms with E-state index in [2.05, 4.69) is 0 Å². The first-order valence-corrected chi connectivity index (χ1v) is 5.49. The minimum absolute atomic E-state index is 0.0253. The molecule has 5 atom stereocenters. The Balaban J connectivity index is 2.24. The Morgan fingerprint density at radius 2 is 2.20 bits per heavy atom. The highest BCUT2D eigenvalue weighted by Gasteiger charge is 2.57. The molecule has 0 spiro atoms. The molecule has 3 saturated heterocycles. The maximum Gasteiger partial charge on any atom is 0.143 e. The Labute approximate surface area is 91.6 Å². The summed E-state index contributed by atoms with van der Waals surface area (Å²) in [6.45, 7) is 2.55. The van der Waals surface area contributed by atoms with Crippen molar-refractivity contribution in [1.29, 1.82) is 0 Å². The maximum atomic E-state index is 6.05. The van der Waals surface area contributed by atoms with Gasteiger partial charge in [0.15, 0.2) is 0 Å². The average Bonchev–Trinajstić information content (AvgIpc) is 2.20. The molecule has 0 radical (unpaired) electrons. The van der Waals surface area contributed by atoms with Gasteiger partial charge < -0.3 is 18.9 Å². The van der Waals surface area contributed by atoms with Crippen molar-refractivity contribution >= 4 is 7.85 Å². The Morgan fingerprint density at radius 3 is 2.80 bits per heavy atom. The topological polar surface area (TPSA) is 36.9 Å². The van der Waals surface area contributed by atoms with Crippen molar-refractivity contribution in [1.82, 2.24) is 0 Å². The SMILES string of the molecule is B[C@@H]1OC2(COC)C(C)OC1CC2OC. The zero-order valence-corrected chi connectivity index (χ0v) is 9.86. The van der Waals surface area contributed by atoms with E-state index in [9.17, 15) is 0 Å². The molecule has 2 bridgehead atoms. The summed E-state index contributed by atoms with van der Waals surface area (Å²) in [4.78, 5) is 0. The van der Waals surface area contributed by atoms with Crippen molar-refractivity contribution in [3.8, 4) is 0 Å². The van der Waals surface area contributed by atoms with Gasteiger partial charge in [0, 0.05) is 20.6 Å². The summed E-state index contributed by atoms with van der Waals surface area (Å²) in [6, 6.07) is 0.128. The van der Waals surface area contributed by atoms with Crippen molar-refractivity contribution < 1.29 is 18.9 Å². The highest BCUT2D eigenvalue weighted by Crippen LogP contribution is 2.42. The molecular weight excluding hydrogens is 195 g/mol. The summed E-state index contributed by atoms with van der Waals surface area (Å²) in [5.41, 5.74) is -0.433. The largest absolute Gasteiger partial charge is 0.381 e. The first-order chi connectivity index (χ1) is 7.14. The molecule has 3 heterocycles. The van der Waals surface area contributed by atoms with E-state index in [0.29, 0.717) is 6.61 Å². The lowest BCUT2D eigenvalue weighted by atomic mass is 9.75. The minimum Gasteiger partial charge on any atom is -0.381 e. The lowest BCUT2D eigenvalue weighted by Crippen LogP contribution is -2.71. The van der Waals surface area contributed by atoms with Crippen LogP contribution >= 0.6 is 0 Å². The second kappa shape index (κ2) is 4.05. The summed E-state index contributed by atoms with van der Waals surface area (Å²) in [7, 11) is 5.46. The van der Waals surface area contributed by atoms with Crippen molar-refractivity contribution in [2.45, 2.75) is 43.3 Å². The molecule has 3 aliphatic heterocycles.